The summed E-state index contributed by atoms with van der Waals surface area (Å²) >= 11 is 0. The number of carbonyl (C=O) groups is 1. The Balaban J connectivity index is 1.49. The fraction of sp³-hybridized carbons (Fsp3) is 0.435. The molecule has 0 bridgehead atoms. The molecule has 0 spiro atoms. The van der Waals surface area contributed by atoms with Crippen molar-refractivity contribution >= 4 is 15.9 Å². The lowest BCUT2D eigenvalue weighted by atomic mass is 9.97. The molecule has 6 nitrogen and oxygen atoms in total. The summed E-state index contributed by atoms with van der Waals surface area (Å²) in [6, 6.07) is 14.5. The van der Waals surface area contributed by atoms with Gasteiger partial charge in [0.05, 0.1) is 10.9 Å². The summed E-state index contributed by atoms with van der Waals surface area (Å²) in [5.41, 5.74) is 2.07. The van der Waals surface area contributed by atoms with Crippen LogP contribution in [-0.4, -0.2) is 44.4 Å². The van der Waals surface area contributed by atoms with Gasteiger partial charge in [-0.05, 0) is 57.4 Å². The number of hydrogen-bond acceptors (Lipinski definition) is 4. The molecule has 1 saturated heterocycles. The number of carbonyl (C=O) groups excluding carboxylic acids is 1. The molecule has 0 aromatic heterocycles. The van der Waals surface area contributed by atoms with Crippen molar-refractivity contribution in [3.05, 3.63) is 59.7 Å². The fourth-order valence-electron chi connectivity index (χ4n) is 3.55. The highest BCUT2D eigenvalue weighted by molar-refractivity contribution is 7.89. The van der Waals surface area contributed by atoms with Crippen molar-refractivity contribution in [2.75, 3.05) is 19.7 Å². The van der Waals surface area contributed by atoms with Crippen molar-refractivity contribution in [2.24, 2.45) is 5.92 Å². The highest BCUT2D eigenvalue weighted by Crippen LogP contribution is 2.24. The molecular weight excluding hydrogens is 400 g/mol. The zero-order chi connectivity index (χ0) is 21.7. The van der Waals surface area contributed by atoms with E-state index in [0.29, 0.717) is 37.4 Å². The van der Waals surface area contributed by atoms with Gasteiger partial charge in [-0.3, -0.25) is 4.79 Å². The molecule has 30 heavy (non-hydrogen) atoms. The van der Waals surface area contributed by atoms with Gasteiger partial charge < -0.3 is 10.1 Å². The molecule has 0 radical (unpaired) electrons. The number of para-hydroxylation sites is 1. The molecule has 3 rings (SSSR count). The summed E-state index contributed by atoms with van der Waals surface area (Å²) in [5.74, 6) is 0.590. The predicted octanol–water partition coefficient (Wildman–Crippen LogP) is 3.29. The normalized spacial score (nSPS) is 16.8. The third kappa shape index (κ3) is 5.40. The van der Waals surface area contributed by atoms with Crippen molar-refractivity contribution in [1.29, 1.82) is 0 Å². The van der Waals surface area contributed by atoms with Gasteiger partial charge in [-0.15, -0.1) is 0 Å². The molecule has 7 heteroatoms. The van der Waals surface area contributed by atoms with Crippen LogP contribution in [0.3, 0.4) is 0 Å². The smallest absolute Gasteiger partial charge is 0.243 e. The molecule has 162 valence electrons. The maximum absolute atomic E-state index is 12.8. The van der Waals surface area contributed by atoms with E-state index in [1.807, 2.05) is 45.0 Å². The van der Waals surface area contributed by atoms with Crippen LogP contribution < -0.4 is 10.1 Å². The first kappa shape index (κ1) is 22.3. The number of aryl methyl sites for hydroxylation is 2. The van der Waals surface area contributed by atoms with Crippen molar-refractivity contribution in [1.82, 2.24) is 9.62 Å². The van der Waals surface area contributed by atoms with Gasteiger partial charge in [-0.2, -0.15) is 4.31 Å². The van der Waals surface area contributed by atoms with Crippen molar-refractivity contribution in [3.63, 3.8) is 0 Å². The Labute approximate surface area is 179 Å². The van der Waals surface area contributed by atoms with E-state index in [-0.39, 0.29) is 17.9 Å². The Kier molecular flexibility index (Phi) is 7.15. The number of hydrogen-bond donors (Lipinski definition) is 1. The maximum atomic E-state index is 12.8. The molecule has 2 aromatic carbocycles. The van der Waals surface area contributed by atoms with Crippen LogP contribution in [0.15, 0.2) is 53.4 Å². The van der Waals surface area contributed by atoms with Crippen LogP contribution in [-0.2, 0) is 14.8 Å². The van der Waals surface area contributed by atoms with Crippen LogP contribution in [0.1, 0.15) is 30.9 Å². The van der Waals surface area contributed by atoms with Crippen molar-refractivity contribution < 1.29 is 17.9 Å². The van der Waals surface area contributed by atoms with Crippen molar-refractivity contribution in [2.45, 2.75) is 44.6 Å². The van der Waals surface area contributed by atoms with Gasteiger partial charge in [0.25, 0.3) is 0 Å². The monoisotopic (exact) mass is 430 g/mol. The van der Waals surface area contributed by atoms with E-state index in [1.165, 1.54) is 4.31 Å². The molecular formula is C23H30N2O4S. The van der Waals surface area contributed by atoms with Crippen LogP contribution in [0.5, 0.6) is 5.75 Å². The zero-order valence-electron chi connectivity index (χ0n) is 17.8. The van der Waals surface area contributed by atoms with E-state index in [9.17, 15) is 13.2 Å². The minimum atomic E-state index is -3.51. The molecule has 1 fully saturated rings. The number of sulfonamides is 1. The predicted molar refractivity (Wildman–Crippen MR) is 117 cm³/mol. The minimum absolute atomic E-state index is 0.0386. The molecule has 2 aromatic rings. The molecule has 1 aliphatic heterocycles. The number of benzene rings is 2. The van der Waals surface area contributed by atoms with Gasteiger partial charge in [-0.1, -0.05) is 35.9 Å². The third-order valence-corrected chi connectivity index (χ3v) is 7.37. The van der Waals surface area contributed by atoms with Gasteiger partial charge in [-0.25, -0.2) is 8.42 Å². The fourth-order valence-corrected chi connectivity index (χ4v) is 5.02. The molecule has 0 saturated carbocycles. The van der Waals surface area contributed by atoms with Gasteiger partial charge >= 0.3 is 0 Å². The lowest BCUT2D eigenvalue weighted by Crippen LogP contribution is -2.45. The SMILES string of the molecule is Cc1ccc(S(=O)(=O)N2CCC(C(=O)N[C@H](C)COc3ccccc3C)CC2)cc1. The second-order valence-electron chi connectivity index (χ2n) is 7.98. The minimum Gasteiger partial charge on any atom is -0.491 e. The lowest BCUT2D eigenvalue weighted by molar-refractivity contribution is -0.126. The van der Waals surface area contributed by atoms with Crippen LogP contribution in [0.2, 0.25) is 0 Å². The first-order valence-electron chi connectivity index (χ1n) is 10.3. The van der Waals surface area contributed by atoms with Crippen molar-refractivity contribution in [3.8, 4) is 5.75 Å². The average Bonchev–Trinajstić information content (AvgIpc) is 2.73. The first-order chi connectivity index (χ1) is 14.3. The lowest BCUT2D eigenvalue weighted by Gasteiger charge is -2.31. The number of nitrogens with zero attached hydrogens (tertiary/aromatic N) is 1. The third-order valence-electron chi connectivity index (χ3n) is 5.45. The van der Waals surface area contributed by atoms with Crippen LogP contribution >= 0.6 is 0 Å². The second-order valence-corrected chi connectivity index (χ2v) is 9.92. The van der Waals surface area contributed by atoms with E-state index in [4.69, 9.17) is 4.74 Å². The Morgan fingerprint density at radius 1 is 1.10 bits per heavy atom. The molecule has 1 aliphatic rings. The van der Waals surface area contributed by atoms with Gasteiger partial charge in [0.2, 0.25) is 15.9 Å². The quantitative estimate of drug-likeness (QED) is 0.731. The summed E-state index contributed by atoms with van der Waals surface area (Å²) in [6.45, 7) is 6.90. The number of amides is 1. The largest absolute Gasteiger partial charge is 0.491 e. The molecule has 0 unspecified atom stereocenters. The summed E-state index contributed by atoms with van der Waals surface area (Å²) < 4.78 is 32.9. The van der Waals surface area contributed by atoms with E-state index in [2.05, 4.69) is 5.32 Å². The summed E-state index contributed by atoms with van der Waals surface area (Å²) in [5, 5.41) is 3.00. The number of nitrogens with one attached hydrogen (secondary N) is 1. The van der Waals surface area contributed by atoms with Crippen LogP contribution in [0.25, 0.3) is 0 Å². The Bertz CT molecular complexity index is 965. The van der Waals surface area contributed by atoms with Crippen LogP contribution in [0, 0.1) is 19.8 Å². The summed E-state index contributed by atoms with van der Waals surface area (Å²) in [6.07, 6.45) is 1.03. The molecule has 0 aliphatic carbocycles. The molecule has 1 amide bonds. The number of rotatable bonds is 7. The van der Waals surface area contributed by atoms with E-state index < -0.39 is 10.0 Å². The molecule has 1 heterocycles. The van der Waals surface area contributed by atoms with E-state index >= 15 is 0 Å². The number of piperidine rings is 1. The highest BCUT2D eigenvalue weighted by Gasteiger charge is 2.32. The standard InChI is InChI=1S/C23H30N2O4S/c1-17-8-10-21(11-9-17)30(27,28)25-14-12-20(13-15-25)23(26)24-19(3)16-29-22-7-5-4-6-18(22)2/h4-11,19-20H,12-16H2,1-3H3,(H,24,26)/t19-/m1/s1. The van der Waals surface area contributed by atoms with Crippen LogP contribution in [0.4, 0.5) is 0 Å². The number of ether oxygens (including phenoxy) is 1. The Hall–Kier alpha value is -2.38. The van der Waals surface area contributed by atoms with E-state index in [0.717, 1.165) is 16.9 Å². The topological polar surface area (TPSA) is 75.7 Å². The molecule has 1 N–H and O–H groups in total. The first-order valence-corrected chi connectivity index (χ1v) is 11.8. The Morgan fingerprint density at radius 2 is 1.73 bits per heavy atom. The summed E-state index contributed by atoms with van der Waals surface area (Å²) in [4.78, 5) is 12.9. The maximum Gasteiger partial charge on any atom is 0.243 e. The van der Waals surface area contributed by atoms with Gasteiger partial charge in [0.1, 0.15) is 12.4 Å². The Morgan fingerprint density at radius 3 is 2.37 bits per heavy atom. The second kappa shape index (κ2) is 9.62. The molecule has 1 atom stereocenters. The summed E-state index contributed by atoms with van der Waals surface area (Å²) in [7, 11) is -3.51. The van der Waals surface area contributed by atoms with Gasteiger partial charge in [0.15, 0.2) is 0 Å². The average molecular weight is 431 g/mol. The van der Waals surface area contributed by atoms with E-state index in [1.54, 1.807) is 24.3 Å². The van der Waals surface area contributed by atoms with Gasteiger partial charge in [0, 0.05) is 19.0 Å². The highest BCUT2D eigenvalue weighted by atomic mass is 32.2. The zero-order valence-corrected chi connectivity index (χ0v) is 18.6.